The highest BCUT2D eigenvalue weighted by Gasteiger charge is 2.15. The van der Waals surface area contributed by atoms with Crippen molar-refractivity contribution in [3.8, 4) is 5.75 Å². The molecular weight excluding hydrogens is 328 g/mol. The molecule has 0 radical (unpaired) electrons. The molecule has 2 aromatic carbocycles. The topological polar surface area (TPSA) is 33.3 Å². The Labute approximate surface area is 156 Å². The summed E-state index contributed by atoms with van der Waals surface area (Å²) in [5.74, 6) is 1.42. The molecule has 0 bridgehead atoms. The Bertz CT molecular complexity index is 690. The number of nitrogens with one attached hydrogen (secondary N) is 2. The predicted octanol–water partition coefficient (Wildman–Crippen LogP) is 5.39. The van der Waals surface area contributed by atoms with E-state index in [0.29, 0.717) is 11.0 Å². The molecule has 0 amide bonds. The van der Waals surface area contributed by atoms with Gasteiger partial charge >= 0.3 is 0 Å². The summed E-state index contributed by atoms with van der Waals surface area (Å²) in [6, 6.07) is 14.7. The van der Waals surface area contributed by atoms with Gasteiger partial charge in [-0.1, -0.05) is 32.0 Å². The largest absolute Gasteiger partial charge is 0.497 e. The summed E-state index contributed by atoms with van der Waals surface area (Å²) in [5.41, 5.74) is 4.67. The molecule has 0 aliphatic rings. The Morgan fingerprint density at radius 3 is 2.16 bits per heavy atom. The van der Waals surface area contributed by atoms with Crippen LogP contribution in [0.2, 0.25) is 0 Å². The Kier molecular flexibility index (Phi) is 6.82. The van der Waals surface area contributed by atoms with E-state index in [1.165, 1.54) is 16.7 Å². The van der Waals surface area contributed by atoms with E-state index < -0.39 is 0 Å². The van der Waals surface area contributed by atoms with Gasteiger partial charge in [0, 0.05) is 5.69 Å². The highest BCUT2D eigenvalue weighted by atomic mass is 32.1. The lowest BCUT2D eigenvalue weighted by Gasteiger charge is -2.23. The van der Waals surface area contributed by atoms with Crippen molar-refractivity contribution in [3.63, 3.8) is 0 Å². The van der Waals surface area contributed by atoms with Crippen LogP contribution in [0.4, 0.5) is 5.69 Å². The van der Waals surface area contributed by atoms with Crippen LogP contribution < -0.4 is 15.4 Å². The van der Waals surface area contributed by atoms with Crippen molar-refractivity contribution in [1.82, 2.24) is 5.32 Å². The van der Waals surface area contributed by atoms with E-state index in [1.807, 2.05) is 12.1 Å². The van der Waals surface area contributed by atoms with Gasteiger partial charge in [-0.2, -0.15) is 0 Å². The lowest BCUT2D eigenvalue weighted by atomic mass is 9.97. The summed E-state index contributed by atoms with van der Waals surface area (Å²) in [7, 11) is 1.68. The molecule has 0 aliphatic heterocycles. The number of methoxy groups -OCH3 is 1. The maximum Gasteiger partial charge on any atom is 0.171 e. The molecule has 0 heterocycles. The van der Waals surface area contributed by atoms with E-state index in [1.54, 1.807) is 7.11 Å². The molecule has 25 heavy (non-hydrogen) atoms. The van der Waals surface area contributed by atoms with Gasteiger partial charge in [0.05, 0.1) is 13.2 Å². The quantitative estimate of drug-likeness (QED) is 0.680. The van der Waals surface area contributed by atoms with Gasteiger partial charge in [-0.3, -0.25) is 0 Å². The monoisotopic (exact) mass is 356 g/mol. The first-order chi connectivity index (χ1) is 11.9. The molecule has 134 valence electrons. The van der Waals surface area contributed by atoms with Gasteiger partial charge in [-0.15, -0.1) is 0 Å². The van der Waals surface area contributed by atoms with Crippen molar-refractivity contribution in [1.29, 1.82) is 0 Å². The summed E-state index contributed by atoms with van der Waals surface area (Å²) >= 11 is 5.55. The van der Waals surface area contributed by atoms with Gasteiger partial charge in [-0.05, 0) is 79.4 Å². The molecule has 2 N–H and O–H groups in total. The molecule has 4 heteroatoms. The molecule has 3 nitrogen and oxygen atoms in total. The summed E-state index contributed by atoms with van der Waals surface area (Å²) in [4.78, 5) is 0. The fraction of sp³-hybridized carbons (Fsp3) is 0.381. The van der Waals surface area contributed by atoms with Crippen molar-refractivity contribution in [2.75, 3.05) is 12.4 Å². The van der Waals surface area contributed by atoms with Crippen molar-refractivity contribution < 1.29 is 4.74 Å². The first-order valence-corrected chi connectivity index (χ1v) is 9.08. The Morgan fingerprint density at radius 1 is 1.04 bits per heavy atom. The van der Waals surface area contributed by atoms with E-state index >= 15 is 0 Å². The minimum atomic E-state index is 0.164. The second-order valence-corrected chi connectivity index (χ2v) is 7.34. The average molecular weight is 357 g/mol. The minimum absolute atomic E-state index is 0.164. The first-order valence-electron chi connectivity index (χ1n) is 8.67. The Balaban J connectivity index is 2.10. The molecule has 0 fully saturated rings. The van der Waals surface area contributed by atoms with Crippen molar-refractivity contribution in [3.05, 3.63) is 59.2 Å². The van der Waals surface area contributed by atoms with Gasteiger partial charge in [-0.25, -0.2) is 0 Å². The van der Waals surface area contributed by atoms with Crippen molar-refractivity contribution >= 4 is 23.0 Å². The third-order valence-electron chi connectivity index (χ3n) is 4.01. The molecule has 0 aromatic heterocycles. The Morgan fingerprint density at radius 2 is 1.64 bits per heavy atom. The molecule has 0 unspecified atom stereocenters. The van der Waals surface area contributed by atoms with Crippen LogP contribution in [0.3, 0.4) is 0 Å². The van der Waals surface area contributed by atoms with Crippen LogP contribution in [0.1, 0.15) is 43.0 Å². The lowest BCUT2D eigenvalue weighted by Crippen LogP contribution is -2.33. The molecule has 0 aliphatic carbocycles. The molecule has 1 atom stereocenters. The SMILES string of the molecule is COc1ccc([C@@H](CC(C)C)NC(=S)Nc2cc(C)cc(C)c2)cc1. The van der Waals surface area contributed by atoms with E-state index in [4.69, 9.17) is 17.0 Å². The molecule has 2 aromatic rings. The molecule has 0 spiro atoms. The van der Waals surface area contributed by atoms with Gasteiger partial charge in [0.2, 0.25) is 0 Å². The third-order valence-corrected chi connectivity index (χ3v) is 4.23. The van der Waals surface area contributed by atoms with Crippen LogP contribution >= 0.6 is 12.2 Å². The predicted molar refractivity (Wildman–Crippen MR) is 110 cm³/mol. The summed E-state index contributed by atoms with van der Waals surface area (Å²) in [6.45, 7) is 8.62. The fourth-order valence-electron chi connectivity index (χ4n) is 2.96. The number of aryl methyl sites for hydroxylation is 2. The van der Waals surface area contributed by atoms with Gasteiger partial charge in [0.15, 0.2) is 5.11 Å². The van der Waals surface area contributed by atoms with E-state index in [0.717, 1.165) is 17.9 Å². The smallest absolute Gasteiger partial charge is 0.171 e. The fourth-order valence-corrected chi connectivity index (χ4v) is 3.22. The third kappa shape index (κ3) is 6.05. The number of rotatable bonds is 6. The second kappa shape index (κ2) is 8.86. The Hall–Kier alpha value is -2.07. The summed E-state index contributed by atoms with van der Waals surface area (Å²) < 4.78 is 5.25. The van der Waals surface area contributed by atoms with Crippen LogP contribution in [0, 0.1) is 19.8 Å². The van der Waals surface area contributed by atoms with Gasteiger partial charge in [0.25, 0.3) is 0 Å². The standard InChI is InChI=1S/C21H28N2OS/c1-14(2)10-20(17-6-8-19(24-5)9-7-17)23-21(25)22-18-12-15(3)11-16(4)13-18/h6-9,11-14,20H,10H2,1-5H3,(H2,22,23,25)/t20-/m1/s1. The van der Waals surface area contributed by atoms with Gasteiger partial charge < -0.3 is 15.4 Å². The maximum absolute atomic E-state index is 5.55. The van der Waals surface area contributed by atoms with Crippen molar-refractivity contribution in [2.24, 2.45) is 5.92 Å². The highest BCUT2D eigenvalue weighted by Crippen LogP contribution is 2.24. The number of thiocarbonyl (C=S) groups is 1. The lowest BCUT2D eigenvalue weighted by molar-refractivity contribution is 0.414. The van der Waals surface area contributed by atoms with Crippen LogP contribution in [0.15, 0.2) is 42.5 Å². The first kappa shape index (κ1) is 19.3. The summed E-state index contributed by atoms with van der Waals surface area (Å²) in [6.07, 6.45) is 1.00. The van der Waals surface area contributed by atoms with Crippen LogP contribution in [0.25, 0.3) is 0 Å². The van der Waals surface area contributed by atoms with E-state index in [2.05, 4.69) is 68.7 Å². The normalized spacial score (nSPS) is 11.9. The van der Waals surface area contributed by atoms with Crippen LogP contribution in [-0.2, 0) is 0 Å². The zero-order valence-electron chi connectivity index (χ0n) is 15.7. The second-order valence-electron chi connectivity index (χ2n) is 6.93. The average Bonchev–Trinajstić information content (AvgIpc) is 2.53. The molecule has 0 saturated carbocycles. The van der Waals surface area contributed by atoms with Gasteiger partial charge in [0.1, 0.15) is 5.75 Å². The zero-order valence-corrected chi connectivity index (χ0v) is 16.5. The highest BCUT2D eigenvalue weighted by molar-refractivity contribution is 7.80. The van der Waals surface area contributed by atoms with Crippen molar-refractivity contribution in [2.45, 2.75) is 40.2 Å². The van der Waals surface area contributed by atoms with Crippen LogP contribution in [-0.4, -0.2) is 12.2 Å². The summed E-state index contributed by atoms with van der Waals surface area (Å²) in [5, 5.41) is 7.43. The molecule has 0 saturated heterocycles. The number of benzene rings is 2. The molecular formula is C21H28N2OS. The van der Waals surface area contributed by atoms with E-state index in [-0.39, 0.29) is 6.04 Å². The number of hydrogen-bond donors (Lipinski definition) is 2. The maximum atomic E-state index is 5.55. The number of hydrogen-bond acceptors (Lipinski definition) is 2. The minimum Gasteiger partial charge on any atom is -0.497 e. The molecule has 2 rings (SSSR count). The van der Waals surface area contributed by atoms with E-state index in [9.17, 15) is 0 Å². The zero-order chi connectivity index (χ0) is 18.4. The number of ether oxygens (including phenoxy) is 1. The number of anilines is 1. The van der Waals surface area contributed by atoms with Crippen LogP contribution in [0.5, 0.6) is 5.75 Å².